The topological polar surface area (TPSA) is 59.2 Å². The summed E-state index contributed by atoms with van der Waals surface area (Å²) in [6.07, 6.45) is 1.37. The number of H-pyrrole nitrogens is 1. The molecular formula is C13H12ClNO3. The molecule has 0 radical (unpaired) electrons. The Kier molecular flexibility index (Phi) is 3.39. The number of aromatic nitrogens is 1. The van der Waals surface area contributed by atoms with Gasteiger partial charge in [-0.15, -0.1) is 0 Å². The standard InChI is InChI=1S/C13H12ClNO3/c1-3-18-13(17)8-6-15-10-5-4-9(14)7(2)11(10)12(8)16/h4-6H,3H2,1-2H3,(H,15,16). The molecular weight excluding hydrogens is 254 g/mol. The van der Waals surface area contributed by atoms with E-state index in [0.717, 1.165) is 0 Å². The summed E-state index contributed by atoms with van der Waals surface area (Å²) in [6, 6.07) is 3.42. The van der Waals surface area contributed by atoms with Crippen LogP contribution in [0.5, 0.6) is 0 Å². The van der Waals surface area contributed by atoms with Crippen LogP contribution in [-0.4, -0.2) is 17.6 Å². The lowest BCUT2D eigenvalue weighted by molar-refractivity contribution is 0.0524. The number of esters is 1. The molecule has 0 aliphatic rings. The van der Waals surface area contributed by atoms with E-state index in [1.165, 1.54) is 6.20 Å². The number of nitrogens with one attached hydrogen (secondary N) is 1. The van der Waals surface area contributed by atoms with Crippen LogP contribution in [0.2, 0.25) is 5.02 Å². The molecule has 0 saturated heterocycles. The SMILES string of the molecule is CCOC(=O)c1c[nH]c2ccc(Cl)c(C)c2c1=O. The molecule has 0 aliphatic heterocycles. The van der Waals surface area contributed by atoms with Crippen LogP contribution in [0.25, 0.3) is 10.9 Å². The van der Waals surface area contributed by atoms with E-state index in [9.17, 15) is 9.59 Å². The van der Waals surface area contributed by atoms with Crippen LogP contribution in [0.4, 0.5) is 0 Å². The summed E-state index contributed by atoms with van der Waals surface area (Å²) in [5, 5.41) is 0.919. The van der Waals surface area contributed by atoms with Crippen molar-refractivity contribution in [3.63, 3.8) is 0 Å². The molecule has 0 spiro atoms. The molecule has 0 aliphatic carbocycles. The second kappa shape index (κ2) is 4.82. The Morgan fingerprint density at radius 2 is 2.17 bits per heavy atom. The second-order valence-electron chi connectivity index (χ2n) is 3.85. The Morgan fingerprint density at radius 3 is 2.83 bits per heavy atom. The molecule has 0 amide bonds. The number of carbonyl (C=O) groups excluding carboxylic acids is 1. The summed E-state index contributed by atoms with van der Waals surface area (Å²) < 4.78 is 4.84. The number of aromatic amines is 1. The number of pyridine rings is 1. The third-order valence-electron chi connectivity index (χ3n) is 2.74. The summed E-state index contributed by atoms with van der Waals surface area (Å²) in [5.74, 6) is -0.625. The Labute approximate surface area is 109 Å². The summed E-state index contributed by atoms with van der Waals surface area (Å²) in [4.78, 5) is 26.8. The van der Waals surface area contributed by atoms with Crippen molar-refractivity contribution in [1.29, 1.82) is 0 Å². The molecule has 0 bridgehead atoms. The van der Waals surface area contributed by atoms with Gasteiger partial charge in [-0.1, -0.05) is 11.6 Å². The summed E-state index contributed by atoms with van der Waals surface area (Å²) in [7, 11) is 0. The molecule has 0 fully saturated rings. The van der Waals surface area contributed by atoms with Gasteiger partial charge >= 0.3 is 5.97 Å². The van der Waals surface area contributed by atoms with E-state index in [-0.39, 0.29) is 17.6 Å². The van der Waals surface area contributed by atoms with Gasteiger partial charge in [-0.25, -0.2) is 4.79 Å². The molecule has 0 saturated carbocycles. The Bertz CT molecular complexity index is 676. The maximum atomic E-state index is 12.2. The summed E-state index contributed by atoms with van der Waals surface area (Å²) >= 11 is 5.98. The van der Waals surface area contributed by atoms with Crippen LogP contribution in [0, 0.1) is 6.92 Å². The number of halogens is 1. The molecule has 0 unspecified atom stereocenters. The monoisotopic (exact) mass is 265 g/mol. The van der Waals surface area contributed by atoms with Crippen molar-refractivity contribution in [3.05, 3.63) is 44.7 Å². The van der Waals surface area contributed by atoms with Gasteiger partial charge < -0.3 is 9.72 Å². The van der Waals surface area contributed by atoms with Crippen molar-refractivity contribution < 1.29 is 9.53 Å². The molecule has 1 aromatic carbocycles. The van der Waals surface area contributed by atoms with E-state index in [1.54, 1.807) is 26.0 Å². The van der Waals surface area contributed by atoms with E-state index in [2.05, 4.69) is 4.98 Å². The Hall–Kier alpha value is -1.81. The van der Waals surface area contributed by atoms with E-state index < -0.39 is 5.97 Å². The largest absolute Gasteiger partial charge is 0.462 e. The normalized spacial score (nSPS) is 10.6. The van der Waals surface area contributed by atoms with Crippen LogP contribution < -0.4 is 5.43 Å². The highest BCUT2D eigenvalue weighted by Gasteiger charge is 2.15. The van der Waals surface area contributed by atoms with E-state index in [0.29, 0.717) is 21.5 Å². The van der Waals surface area contributed by atoms with E-state index in [1.807, 2.05) is 0 Å². The van der Waals surface area contributed by atoms with Crippen molar-refractivity contribution in [2.75, 3.05) is 6.61 Å². The lowest BCUT2D eigenvalue weighted by Crippen LogP contribution is -2.18. The van der Waals surface area contributed by atoms with Crippen molar-refractivity contribution in [1.82, 2.24) is 4.98 Å². The number of hydrogen-bond donors (Lipinski definition) is 1. The first-order chi connectivity index (χ1) is 8.56. The fourth-order valence-electron chi connectivity index (χ4n) is 1.81. The molecule has 2 rings (SSSR count). The van der Waals surface area contributed by atoms with Crippen LogP contribution in [0.3, 0.4) is 0 Å². The van der Waals surface area contributed by atoms with Crippen molar-refractivity contribution >= 4 is 28.5 Å². The zero-order valence-electron chi connectivity index (χ0n) is 10.0. The fourth-order valence-corrected chi connectivity index (χ4v) is 1.97. The Balaban J connectivity index is 2.74. The highest BCUT2D eigenvalue weighted by Crippen LogP contribution is 2.21. The van der Waals surface area contributed by atoms with Crippen LogP contribution in [0.15, 0.2) is 23.1 Å². The maximum absolute atomic E-state index is 12.2. The molecule has 1 N–H and O–H groups in total. The first-order valence-electron chi connectivity index (χ1n) is 5.54. The second-order valence-corrected chi connectivity index (χ2v) is 4.25. The summed E-state index contributed by atoms with van der Waals surface area (Å²) in [6.45, 7) is 3.66. The molecule has 18 heavy (non-hydrogen) atoms. The smallest absolute Gasteiger partial charge is 0.343 e. The van der Waals surface area contributed by atoms with Crippen LogP contribution in [0.1, 0.15) is 22.8 Å². The lowest BCUT2D eigenvalue weighted by atomic mass is 10.1. The molecule has 2 aromatic rings. The molecule has 1 aromatic heterocycles. The van der Waals surface area contributed by atoms with Crippen molar-refractivity contribution in [2.45, 2.75) is 13.8 Å². The predicted octanol–water partition coefficient (Wildman–Crippen LogP) is 2.67. The number of rotatable bonds is 2. The van der Waals surface area contributed by atoms with Gasteiger partial charge in [-0.05, 0) is 31.5 Å². The zero-order valence-corrected chi connectivity index (χ0v) is 10.8. The van der Waals surface area contributed by atoms with Crippen molar-refractivity contribution in [3.8, 4) is 0 Å². The molecule has 0 atom stereocenters. The van der Waals surface area contributed by atoms with Gasteiger partial charge in [0.2, 0.25) is 5.43 Å². The predicted molar refractivity (Wildman–Crippen MR) is 70.3 cm³/mol. The number of aryl methyl sites for hydroxylation is 1. The van der Waals surface area contributed by atoms with Gasteiger partial charge in [0, 0.05) is 16.7 Å². The highest BCUT2D eigenvalue weighted by molar-refractivity contribution is 6.32. The molecule has 1 heterocycles. The first-order valence-corrected chi connectivity index (χ1v) is 5.91. The minimum absolute atomic E-state index is 0.00489. The van der Waals surface area contributed by atoms with Gasteiger partial charge in [-0.2, -0.15) is 0 Å². The van der Waals surface area contributed by atoms with E-state index >= 15 is 0 Å². The third kappa shape index (κ3) is 1.99. The molecule has 94 valence electrons. The van der Waals surface area contributed by atoms with Gasteiger partial charge in [0.1, 0.15) is 5.56 Å². The number of hydrogen-bond acceptors (Lipinski definition) is 3. The van der Waals surface area contributed by atoms with Crippen molar-refractivity contribution in [2.24, 2.45) is 0 Å². The zero-order chi connectivity index (χ0) is 13.3. The number of fused-ring (bicyclic) bond motifs is 1. The maximum Gasteiger partial charge on any atom is 0.343 e. The third-order valence-corrected chi connectivity index (χ3v) is 3.15. The van der Waals surface area contributed by atoms with Crippen LogP contribution in [-0.2, 0) is 4.74 Å². The van der Waals surface area contributed by atoms with Gasteiger partial charge in [-0.3, -0.25) is 4.79 Å². The average Bonchev–Trinajstić information content (AvgIpc) is 2.34. The highest BCUT2D eigenvalue weighted by atomic mass is 35.5. The molecule has 5 heteroatoms. The van der Waals surface area contributed by atoms with E-state index in [4.69, 9.17) is 16.3 Å². The molecule has 4 nitrogen and oxygen atoms in total. The first kappa shape index (κ1) is 12.6. The minimum atomic E-state index is -0.625. The minimum Gasteiger partial charge on any atom is -0.462 e. The Morgan fingerprint density at radius 1 is 1.44 bits per heavy atom. The average molecular weight is 266 g/mol. The summed E-state index contributed by atoms with van der Waals surface area (Å²) in [5.41, 5.74) is 0.938. The fraction of sp³-hybridized carbons (Fsp3) is 0.231. The number of benzene rings is 1. The van der Waals surface area contributed by atoms with Gasteiger partial charge in [0.05, 0.1) is 12.0 Å². The van der Waals surface area contributed by atoms with Crippen LogP contribution >= 0.6 is 11.6 Å². The quantitative estimate of drug-likeness (QED) is 0.850. The van der Waals surface area contributed by atoms with Gasteiger partial charge in [0.15, 0.2) is 0 Å². The van der Waals surface area contributed by atoms with Gasteiger partial charge in [0.25, 0.3) is 0 Å². The lowest BCUT2D eigenvalue weighted by Gasteiger charge is -2.06. The number of ether oxygens (including phenoxy) is 1. The number of carbonyl (C=O) groups is 1.